The van der Waals surface area contributed by atoms with E-state index in [0.29, 0.717) is 5.56 Å². The minimum absolute atomic E-state index is 0.107. The minimum atomic E-state index is -0.119. The van der Waals surface area contributed by atoms with Gasteiger partial charge in [-0.3, -0.25) is 4.79 Å². The third kappa shape index (κ3) is 3.62. The quantitative estimate of drug-likeness (QED) is 0.595. The molecule has 0 aliphatic carbocycles. The lowest BCUT2D eigenvalue weighted by molar-refractivity contribution is 0.0940. The summed E-state index contributed by atoms with van der Waals surface area (Å²) in [6.07, 6.45) is 8.47. The predicted octanol–water partition coefficient (Wildman–Crippen LogP) is 2.94. The third-order valence-electron chi connectivity index (χ3n) is 4.36. The molecule has 7 nitrogen and oxygen atoms in total. The van der Waals surface area contributed by atoms with Crippen molar-refractivity contribution in [3.8, 4) is 11.4 Å². The molecule has 0 saturated heterocycles. The molecule has 4 rings (SSSR count). The first kappa shape index (κ1) is 16.7. The molecule has 7 heteroatoms. The molecular weight excluding hydrogens is 340 g/mol. The Morgan fingerprint density at radius 3 is 2.33 bits per heavy atom. The van der Waals surface area contributed by atoms with Crippen molar-refractivity contribution in [2.45, 2.75) is 13.0 Å². The first-order chi connectivity index (χ1) is 13.2. The summed E-state index contributed by atoms with van der Waals surface area (Å²) in [6, 6.07) is 15.2. The summed E-state index contributed by atoms with van der Waals surface area (Å²) in [6.45, 7) is 1.97. The summed E-state index contributed by atoms with van der Waals surface area (Å²) >= 11 is 0. The van der Waals surface area contributed by atoms with Crippen molar-refractivity contribution in [2.24, 2.45) is 0 Å². The van der Waals surface area contributed by atoms with E-state index in [-0.39, 0.29) is 11.9 Å². The Labute approximate surface area is 156 Å². The number of hydrogen-bond donors (Lipinski definition) is 1. The third-order valence-corrected chi connectivity index (χ3v) is 4.36. The van der Waals surface area contributed by atoms with Crippen molar-refractivity contribution in [1.82, 2.24) is 29.6 Å². The van der Waals surface area contributed by atoms with E-state index in [9.17, 15) is 4.79 Å². The minimum Gasteiger partial charge on any atom is -0.346 e. The number of nitrogens with one attached hydrogen (secondary N) is 1. The van der Waals surface area contributed by atoms with Gasteiger partial charge in [0, 0.05) is 23.6 Å². The molecule has 0 aliphatic rings. The van der Waals surface area contributed by atoms with Gasteiger partial charge in [-0.05, 0) is 48.9 Å². The second-order valence-corrected chi connectivity index (χ2v) is 6.14. The van der Waals surface area contributed by atoms with E-state index in [1.54, 1.807) is 35.7 Å². The number of benzene rings is 2. The fourth-order valence-electron chi connectivity index (χ4n) is 2.82. The summed E-state index contributed by atoms with van der Waals surface area (Å²) in [5, 5.41) is 7.10. The van der Waals surface area contributed by atoms with Gasteiger partial charge < -0.3 is 9.88 Å². The molecule has 1 N–H and O–H groups in total. The number of hydrogen-bond acceptors (Lipinski definition) is 4. The molecule has 0 radical (unpaired) electrons. The fraction of sp³-hybridized carbons (Fsp3) is 0.100. The van der Waals surface area contributed by atoms with Crippen LogP contribution in [0.4, 0.5) is 0 Å². The number of amides is 1. The maximum Gasteiger partial charge on any atom is 0.251 e. The van der Waals surface area contributed by atoms with Crippen LogP contribution < -0.4 is 5.32 Å². The standard InChI is InChI=1S/C20H18N6O/c1-15(16-2-6-18(7-3-16)25-11-10-21-13-25)24-20(27)17-4-8-19(9-5-17)26-14-22-12-23-26/h2-15H,1H3,(H,24,27). The summed E-state index contributed by atoms with van der Waals surface area (Å²) in [5.41, 5.74) is 3.51. The van der Waals surface area contributed by atoms with Crippen molar-refractivity contribution < 1.29 is 4.79 Å². The van der Waals surface area contributed by atoms with Gasteiger partial charge in [-0.1, -0.05) is 12.1 Å². The van der Waals surface area contributed by atoms with Gasteiger partial charge in [0.1, 0.15) is 12.7 Å². The van der Waals surface area contributed by atoms with Crippen LogP contribution in [0.5, 0.6) is 0 Å². The average molecular weight is 358 g/mol. The maximum absolute atomic E-state index is 12.5. The van der Waals surface area contributed by atoms with Crippen LogP contribution in [0, 0.1) is 0 Å². The Morgan fingerprint density at radius 2 is 1.70 bits per heavy atom. The van der Waals surface area contributed by atoms with Crippen LogP contribution in [-0.4, -0.2) is 30.2 Å². The smallest absolute Gasteiger partial charge is 0.251 e. The summed E-state index contributed by atoms with van der Waals surface area (Å²) < 4.78 is 3.58. The van der Waals surface area contributed by atoms with Gasteiger partial charge in [0.05, 0.1) is 18.1 Å². The molecule has 1 atom stereocenters. The summed E-state index contributed by atoms with van der Waals surface area (Å²) in [7, 11) is 0. The van der Waals surface area contributed by atoms with Gasteiger partial charge in [0.2, 0.25) is 0 Å². The molecule has 0 bridgehead atoms. The normalized spacial score (nSPS) is 11.9. The van der Waals surface area contributed by atoms with E-state index < -0.39 is 0 Å². The Morgan fingerprint density at radius 1 is 0.963 bits per heavy atom. The van der Waals surface area contributed by atoms with Crippen LogP contribution in [-0.2, 0) is 0 Å². The van der Waals surface area contributed by atoms with Crippen LogP contribution in [0.15, 0.2) is 79.9 Å². The molecule has 1 unspecified atom stereocenters. The van der Waals surface area contributed by atoms with E-state index >= 15 is 0 Å². The molecule has 134 valence electrons. The van der Waals surface area contributed by atoms with Crippen molar-refractivity contribution >= 4 is 5.91 Å². The van der Waals surface area contributed by atoms with Crippen LogP contribution in [0.3, 0.4) is 0 Å². The number of imidazole rings is 1. The molecule has 27 heavy (non-hydrogen) atoms. The van der Waals surface area contributed by atoms with Gasteiger partial charge in [-0.15, -0.1) is 0 Å². The highest BCUT2D eigenvalue weighted by Gasteiger charge is 2.12. The van der Waals surface area contributed by atoms with Crippen LogP contribution in [0.25, 0.3) is 11.4 Å². The Bertz CT molecular complexity index is 1010. The molecule has 0 spiro atoms. The molecular formula is C20H18N6O. The Hall–Kier alpha value is -3.74. The Kier molecular flexibility index (Phi) is 4.49. The van der Waals surface area contributed by atoms with Gasteiger partial charge in [0.15, 0.2) is 0 Å². The van der Waals surface area contributed by atoms with E-state index in [4.69, 9.17) is 0 Å². The van der Waals surface area contributed by atoms with Crippen molar-refractivity contribution in [3.63, 3.8) is 0 Å². The van der Waals surface area contributed by atoms with Crippen LogP contribution in [0.2, 0.25) is 0 Å². The highest BCUT2D eigenvalue weighted by atomic mass is 16.1. The van der Waals surface area contributed by atoms with E-state index in [2.05, 4.69) is 20.4 Å². The van der Waals surface area contributed by atoms with Gasteiger partial charge >= 0.3 is 0 Å². The Balaban J connectivity index is 1.43. The largest absolute Gasteiger partial charge is 0.346 e. The lowest BCUT2D eigenvalue weighted by Gasteiger charge is -2.15. The van der Waals surface area contributed by atoms with Crippen LogP contribution in [0.1, 0.15) is 28.9 Å². The number of rotatable bonds is 5. The SMILES string of the molecule is CC(NC(=O)c1ccc(-n2cncn2)cc1)c1ccc(-n2ccnc2)cc1. The molecule has 0 saturated carbocycles. The number of nitrogens with zero attached hydrogens (tertiary/aromatic N) is 5. The lowest BCUT2D eigenvalue weighted by Crippen LogP contribution is -2.26. The van der Waals surface area contributed by atoms with Gasteiger partial charge in [-0.2, -0.15) is 5.10 Å². The van der Waals surface area contributed by atoms with E-state index in [1.165, 1.54) is 6.33 Å². The van der Waals surface area contributed by atoms with E-state index in [1.807, 2.05) is 54.1 Å². The van der Waals surface area contributed by atoms with Gasteiger partial charge in [-0.25, -0.2) is 14.6 Å². The second-order valence-electron chi connectivity index (χ2n) is 6.14. The highest BCUT2D eigenvalue weighted by molar-refractivity contribution is 5.94. The first-order valence-electron chi connectivity index (χ1n) is 8.55. The topological polar surface area (TPSA) is 77.6 Å². The zero-order valence-electron chi connectivity index (χ0n) is 14.7. The molecule has 2 aromatic heterocycles. The van der Waals surface area contributed by atoms with Crippen molar-refractivity contribution in [2.75, 3.05) is 0 Å². The van der Waals surface area contributed by atoms with Gasteiger partial charge in [0.25, 0.3) is 5.91 Å². The zero-order chi connectivity index (χ0) is 18.6. The molecule has 1 amide bonds. The highest BCUT2D eigenvalue weighted by Crippen LogP contribution is 2.17. The monoisotopic (exact) mass is 358 g/mol. The molecule has 4 aromatic rings. The summed E-state index contributed by atoms with van der Waals surface area (Å²) in [4.78, 5) is 20.5. The lowest BCUT2D eigenvalue weighted by atomic mass is 10.1. The molecule has 0 fully saturated rings. The van der Waals surface area contributed by atoms with Crippen molar-refractivity contribution in [3.05, 3.63) is 91.0 Å². The van der Waals surface area contributed by atoms with Crippen LogP contribution >= 0.6 is 0 Å². The zero-order valence-corrected chi connectivity index (χ0v) is 14.7. The molecule has 2 aromatic carbocycles. The average Bonchev–Trinajstić information content (AvgIpc) is 3.42. The summed E-state index contributed by atoms with van der Waals surface area (Å²) in [5.74, 6) is -0.119. The maximum atomic E-state index is 12.5. The molecule has 2 heterocycles. The number of aromatic nitrogens is 5. The number of carbonyl (C=O) groups excluding carboxylic acids is 1. The second kappa shape index (κ2) is 7.25. The van der Waals surface area contributed by atoms with Crippen molar-refractivity contribution in [1.29, 1.82) is 0 Å². The first-order valence-corrected chi connectivity index (χ1v) is 8.55. The number of carbonyl (C=O) groups is 1. The fourth-order valence-corrected chi connectivity index (χ4v) is 2.82. The predicted molar refractivity (Wildman–Crippen MR) is 101 cm³/mol. The molecule has 0 aliphatic heterocycles. The van der Waals surface area contributed by atoms with E-state index in [0.717, 1.165) is 16.9 Å².